The summed E-state index contributed by atoms with van der Waals surface area (Å²) in [5.74, 6) is -0.413. The number of benzene rings is 1. The third-order valence-electron chi connectivity index (χ3n) is 6.04. The average molecular weight is 478 g/mol. The lowest BCUT2D eigenvalue weighted by molar-refractivity contribution is -0.139. The Morgan fingerprint density at radius 1 is 1.19 bits per heavy atom. The number of aromatic nitrogens is 1. The average Bonchev–Trinajstić information content (AvgIpc) is 3.32. The predicted octanol–water partition coefficient (Wildman–Crippen LogP) is 3.34. The molecule has 4 rings (SSSR count). The molecule has 0 bridgehead atoms. The van der Waals surface area contributed by atoms with Crippen LogP contribution in [0.2, 0.25) is 5.02 Å². The second-order valence-electron chi connectivity index (χ2n) is 8.37. The number of hydrogen-bond donors (Lipinski definition) is 0. The summed E-state index contributed by atoms with van der Waals surface area (Å²) in [6.45, 7) is 2.25. The first kappa shape index (κ1) is 23.2. The molecule has 9 heteroatoms. The third-order valence-corrected chi connectivity index (χ3v) is 8.17. The van der Waals surface area contributed by atoms with Crippen molar-refractivity contribution in [2.75, 3.05) is 26.2 Å². The molecule has 2 atom stereocenters. The molecule has 2 aliphatic heterocycles. The zero-order valence-electron chi connectivity index (χ0n) is 17.9. The molecule has 172 valence electrons. The van der Waals surface area contributed by atoms with E-state index in [4.69, 9.17) is 16.3 Å². The molecule has 1 aromatic carbocycles. The fourth-order valence-electron chi connectivity index (χ4n) is 4.35. The summed E-state index contributed by atoms with van der Waals surface area (Å²) in [7, 11) is -3.68. The molecular weight excluding hydrogens is 450 g/mol. The Kier molecular flexibility index (Phi) is 7.45. The highest BCUT2D eigenvalue weighted by molar-refractivity contribution is 7.89. The summed E-state index contributed by atoms with van der Waals surface area (Å²) in [6.07, 6.45) is 6.72. The molecule has 1 aromatic heterocycles. The molecule has 2 aromatic rings. The van der Waals surface area contributed by atoms with Crippen molar-refractivity contribution in [1.82, 2.24) is 14.2 Å². The summed E-state index contributed by atoms with van der Waals surface area (Å²) < 4.78 is 33.5. The maximum absolute atomic E-state index is 13.6. The zero-order valence-corrected chi connectivity index (χ0v) is 19.5. The number of sulfonamides is 1. The Morgan fingerprint density at radius 3 is 2.69 bits per heavy atom. The molecule has 2 saturated heterocycles. The van der Waals surface area contributed by atoms with Crippen molar-refractivity contribution in [1.29, 1.82) is 0 Å². The molecule has 7 nitrogen and oxygen atoms in total. The van der Waals surface area contributed by atoms with Crippen LogP contribution in [0.3, 0.4) is 0 Å². The van der Waals surface area contributed by atoms with Crippen LogP contribution in [0.4, 0.5) is 0 Å². The van der Waals surface area contributed by atoms with Crippen molar-refractivity contribution >= 4 is 27.5 Å². The first-order valence-electron chi connectivity index (χ1n) is 11.0. The second kappa shape index (κ2) is 10.3. The largest absolute Gasteiger partial charge is 0.376 e. The van der Waals surface area contributed by atoms with Gasteiger partial charge in [0, 0.05) is 50.2 Å². The first-order chi connectivity index (χ1) is 15.4. The minimum atomic E-state index is -3.68. The first-order valence-corrected chi connectivity index (χ1v) is 12.8. The molecule has 0 saturated carbocycles. The highest BCUT2D eigenvalue weighted by Gasteiger charge is 2.36. The predicted molar refractivity (Wildman–Crippen MR) is 122 cm³/mol. The van der Waals surface area contributed by atoms with Gasteiger partial charge in [-0.25, -0.2) is 8.42 Å². The van der Waals surface area contributed by atoms with Crippen molar-refractivity contribution in [2.24, 2.45) is 5.92 Å². The van der Waals surface area contributed by atoms with Gasteiger partial charge in [0.05, 0.1) is 16.9 Å². The number of piperidine rings is 1. The number of rotatable bonds is 7. The van der Waals surface area contributed by atoms with E-state index in [2.05, 4.69) is 4.98 Å². The summed E-state index contributed by atoms with van der Waals surface area (Å²) in [6, 6.07) is 9.95. The van der Waals surface area contributed by atoms with Gasteiger partial charge in [-0.1, -0.05) is 17.7 Å². The Hall–Kier alpha value is -2.00. The van der Waals surface area contributed by atoms with Crippen LogP contribution in [0.25, 0.3) is 0 Å². The van der Waals surface area contributed by atoms with E-state index in [0.717, 1.165) is 25.0 Å². The van der Waals surface area contributed by atoms with Crippen LogP contribution in [0.15, 0.2) is 53.7 Å². The van der Waals surface area contributed by atoms with E-state index >= 15 is 0 Å². The van der Waals surface area contributed by atoms with E-state index in [9.17, 15) is 13.2 Å². The number of carbonyl (C=O) groups excluding carboxylic acids is 1. The van der Waals surface area contributed by atoms with Crippen LogP contribution < -0.4 is 0 Å². The van der Waals surface area contributed by atoms with Gasteiger partial charge >= 0.3 is 0 Å². The normalized spacial score (nSPS) is 22.0. The summed E-state index contributed by atoms with van der Waals surface area (Å²) in [4.78, 5) is 19.7. The molecule has 0 N–H and O–H groups in total. The van der Waals surface area contributed by atoms with Crippen molar-refractivity contribution in [2.45, 2.75) is 43.2 Å². The summed E-state index contributed by atoms with van der Waals surface area (Å²) >= 11 is 5.91. The van der Waals surface area contributed by atoms with E-state index in [1.807, 2.05) is 17.0 Å². The van der Waals surface area contributed by atoms with Crippen LogP contribution in [0.5, 0.6) is 0 Å². The number of carbonyl (C=O) groups is 1. The van der Waals surface area contributed by atoms with Gasteiger partial charge in [-0.3, -0.25) is 9.78 Å². The number of pyridine rings is 1. The Balaban J connectivity index is 1.50. The Labute approximate surface area is 194 Å². The number of ether oxygens (including phenoxy) is 1. The molecule has 0 aliphatic carbocycles. The SMILES string of the molecule is O=C(C1CCCN(S(=O)(=O)c2ccc(Cl)cc2)C1)N(Cc1cccnc1)CC1CCCO1. The highest BCUT2D eigenvalue weighted by atomic mass is 35.5. The molecular formula is C23H28ClN3O4S. The lowest BCUT2D eigenvalue weighted by Crippen LogP contribution is -2.48. The van der Waals surface area contributed by atoms with Gasteiger partial charge in [-0.05, 0) is 61.6 Å². The molecule has 0 radical (unpaired) electrons. The standard InChI is InChI=1S/C23H28ClN3O4S/c24-20-7-9-22(10-8-20)32(29,30)27-12-2-5-19(16-27)23(28)26(17-21-6-3-13-31-21)15-18-4-1-11-25-14-18/h1,4,7-11,14,19,21H,2-3,5-6,12-13,15-17H2. The summed E-state index contributed by atoms with van der Waals surface area (Å²) in [5.41, 5.74) is 0.945. The number of hydrogen-bond acceptors (Lipinski definition) is 5. The van der Waals surface area contributed by atoms with Crippen LogP contribution in [0, 0.1) is 5.92 Å². The van der Waals surface area contributed by atoms with Crippen LogP contribution in [0.1, 0.15) is 31.2 Å². The molecule has 3 heterocycles. The van der Waals surface area contributed by atoms with Gasteiger partial charge in [0.15, 0.2) is 0 Å². The molecule has 0 spiro atoms. The topological polar surface area (TPSA) is 79.8 Å². The number of amides is 1. The number of halogens is 1. The quantitative estimate of drug-likeness (QED) is 0.611. The molecule has 1 amide bonds. The van der Waals surface area contributed by atoms with Crippen molar-refractivity contribution in [3.05, 3.63) is 59.4 Å². The number of nitrogens with zero attached hydrogens (tertiary/aromatic N) is 3. The van der Waals surface area contributed by atoms with Crippen molar-refractivity contribution < 1.29 is 17.9 Å². The van der Waals surface area contributed by atoms with Crippen LogP contribution in [-0.4, -0.2) is 60.9 Å². The minimum absolute atomic E-state index is 0.0214. The molecule has 2 aliphatic rings. The Morgan fingerprint density at radius 2 is 2.00 bits per heavy atom. The van der Waals surface area contributed by atoms with E-state index in [-0.39, 0.29) is 29.4 Å². The van der Waals surface area contributed by atoms with Crippen molar-refractivity contribution in [3.63, 3.8) is 0 Å². The van der Waals surface area contributed by atoms with E-state index in [1.165, 1.54) is 16.4 Å². The van der Waals surface area contributed by atoms with Gasteiger partial charge in [0.2, 0.25) is 15.9 Å². The lowest BCUT2D eigenvalue weighted by Gasteiger charge is -2.35. The summed E-state index contributed by atoms with van der Waals surface area (Å²) in [5, 5.41) is 0.482. The smallest absolute Gasteiger partial charge is 0.243 e. The van der Waals surface area contributed by atoms with Crippen LogP contribution >= 0.6 is 11.6 Å². The van der Waals surface area contributed by atoms with Gasteiger partial charge in [0.1, 0.15) is 0 Å². The highest BCUT2D eigenvalue weighted by Crippen LogP contribution is 2.27. The fourth-order valence-corrected chi connectivity index (χ4v) is 6.00. The van der Waals surface area contributed by atoms with E-state index in [0.29, 0.717) is 37.5 Å². The van der Waals surface area contributed by atoms with Gasteiger partial charge in [-0.15, -0.1) is 0 Å². The monoisotopic (exact) mass is 477 g/mol. The molecule has 32 heavy (non-hydrogen) atoms. The maximum atomic E-state index is 13.6. The van der Waals surface area contributed by atoms with Crippen molar-refractivity contribution in [3.8, 4) is 0 Å². The zero-order chi connectivity index (χ0) is 22.6. The maximum Gasteiger partial charge on any atom is 0.243 e. The molecule has 2 fully saturated rings. The van der Waals surface area contributed by atoms with Crippen LogP contribution in [-0.2, 0) is 26.1 Å². The van der Waals surface area contributed by atoms with E-state index in [1.54, 1.807) is 24.5 Å². The molecule has 2 unspecified atom stereocenters. The van der Waals surface area contributed by atoms with Gasteiger partial charge in [-0.2, -0.15) is 4.31 Å². The van der Waals surface area contributed by atoms with Gasteiger partial charge < -0.3 is 9.64 Å². The van der Waals surface area contributed by atoms with Gasteiger partial charge in [0.25, 0.3) is 0 Å². The Bertz CT molecular complexity index is 1010. The minimum Gasteiger partial charge on any atom is -0.376 e. The lowest BCUT2D eigenvalue weighted by atomic mass is 9.97. The van der Waals surface area contributed by atoms with E-state index < -0.39 is 10.0 Å². The third kappa shape index (κ3) is 5.49. The fraction of sp³-hybridized carbons (Fsp3) is 0.478. The second-order valence-corrected chi connectivity index (χ2v) is 10.7.